The van der Waals surface area contributed by atoms with Crippen LogP contribution in [0.4, 0.5) is 22.7 Å². The second-order valence-corrected chi connectivity index (χ2v) is 12.9. The summed E-state index contributed by atoms with van der Waals surface area (Å²) in [6, 6.07) is 65.0. The van der Waals surface area contributed by atoms with Crippen molar-refractivity contribution in [2.75, 3.05) is 9.80 Å². The molecule has 2 heteroatoms. The number of allylic oxidation sites excluding steroid dienone is 6. The minimum absolute atomic E-state index is 0.158. The number of benzene rings is 4. The Morgan fingerprint density at radius 3 is 1.50 bits per heavy atom. The number of nitrogens with zero attached hydrogens (tertiary/aromatic N) is 2. The summed E-state index contributed by atoms with van der Waals surface area (Å²) in [4.78, 5) is 4.74. The number of hydrogen-bond donors (Lipinski definition) is 0. The summed E-state index contributed by atoms with van der Waals surface area (Å²) in [7, 11) is 0. The molecule has 54 heavy (non-hydrogen) atoms. The minimum atomic E-state index is 0.158. The smallest absolute Gasteiger partial charge is 0.0560 e. The molecule has 0 radical (unpaired) electrons. The van der Waals surface area contributed by atoms with Crippen molar-refractivity contribution in [1.82, 2.24) is 0 Å². The summed E-state index contributed by atoms with van der Waals surface area (Å²) in [6.45, 7) is 3.85. The third kappa shape index (κ3) is 8.25. The van der Waals surface area contributed by atoms with Gasteiger partial charge in [0.25, 0.3) is 0 Å². The fourth-order valence-electron chi connectivity index (χ4n) is 7.01. The van der Waals surface area contributed by atoms with E-state index in [2.05, 4.69) is 235 Å². The van der Waals surface area contributed by atoms with Crippen LogP contribution >= 0.6 is 0 Å². The van der Waals surface area contributed by atoms with Gasteiger partial charge >= 0.3 is 0 Å². The molecule has 0 heterocycles. The van der Waals surface area contributed by atoms with E-state index in [-0.39, 0.29) is 6.04 Å². The molecule has 0 saturated carbocycles. The number of rotatable bonds is 9. The highest BCUT2D eigenvalue weighted by Gasteiger charge is 2.21. The molecular weight excluding hydrogens is 653 g/mol. The van der Waals surface area contributed by atoms with Crippen molar-refractivity contribution in [3.8, 4) is 11.1 Å². The van der Waals surface area contributed by atoms with E-state index >= 15 is 0 Å². The Kier molecular flexibility index (Phi) is 11.9. The molecule has 0 fully saturated rings. The molecule has 0 N–H and O–H groups in total. The van der Waals surface area contributed by atoms with Crippen LogP contribution in [-0.2, 0) is 0 Å². The lowest BCUT2D eigenvalue weighted by atomic mass is 9.95. The zero-order valence-electron chi connectivity index (χ0n) is 30.4. The molecule has 6 aromatic carbocycles. The summed E-state index contributed by atoms with van der Waals surface area (Å²) in [5.41, 5.74) is 6.66. The highest BCUT2D eigenvalue weighted by atomic mass is 15.2. The van der Waals surface area contributed by atoms with Gasteiger partial charge in [0.15, 0.2) is 0 Å². The first kappa shape index (κ1) is 35.5. The van der Waals surface area contributed by atoms with Crippen LogP contribution in [0, 0.1) is 0 Å². The minimum Gasteiger partial charge on any atom is -0.334 e. The van der Waals surface area contributed by atoms with E-state index < -0.39 is 0 Å². The molecule has 1 aliphatic carbocycles. The molecule has 1 aliphatic rings. The van der Waals surface area contributed by atoms with Gasteiger partial charge < -0.3 is 9.80 Å². The van der Waals surface area contributed by atoms with Crippen molar-refractivity contribution in [1.29, 1.82) is 0 Å². The Bertz CT molecular complexity index is 2450. The van der Waals surface area contributed by atoms with Crippen molar-refractivity contribution in [3.63, 3.8) is 0 Å². The Morgan fingerprint density at radius 1 is 0.444 bits per heavy atom. The molecule has 6 aromatic rings. The Hall–Kier alpha value is -6.90. The third-order valence-electron chi connectivity index (χ3n) is 9.45. The molecule has 0 spiro atoms. The molecular formula is C52H44N2. The van der Waals surface area contributed by atoms with Crippen molar-refractivity contribution < 1.29 is 0 Å². The molecule has 0 aromatic heterocycles. The summed E-state index contributed by atoms with van der Waals surface area (Å²) in [5, 5.41) is 4.56. The summed E-state index contributed by atoms with van der Waals surface area (Å²) < 4.78 is 0. The van der Waals surface area contributed by atoms with Crippen molar-refractivity contribution in [3.05, 3.63) is 243 Å². The average Bonchev–Trinajstić information content (AvgIpc) is 3.23. The van der Waals surface area contributed by atoms with E-state index in [4.69, 9.17) is 0 Å². The highest BCUT2D eigenvalue weighted by molar-refractivity contribution is 6.10. The van der Waals surface area contributed by atoms with Gasteiger partial charge in [0.05, 0.1) is 11.7 Å². The van der Waals surface area contributed by atoms with E-state index in [9.17, 15) is 0 Å². The van der Waals surface area contributed by atoms with Crippen molar-refractivity contribution in [2.24, 2.45) is 0 Å². The summed E-state index contributed by atoms with van der Waals surface area (Å²) in [5.74, 6) is 0. The van der Waals surface area contributed by atoms with E-state index in [1.54, 1.807) is 6.08 Å². The van der Waals surface area contributed by atoms with Gasteiger partial charge in [-0.3, -0.25) is 0 Å². The highest BCUT2D eigenvalue weighted by Crippen LogP contribution is 2.40. The predicted octanol–water partition coefficient (Wildman–Crippen LogP) is 14.3. The number of anilines is 4. The Morgan fingerprint density at radius 2 is 0.926 bits per heavy atom. The quantitative estimate of drug-likeness (QED) is 0.139. The Labute approximate surface area is 319 Å². The molecule has 1 unspecified atom stereocenters. The van der Waals surface area contributed by atoms with E-state index in [0.29, 0.717) is 0 Å². The van der Waals surface area contributed by atoms with Crippen LogP contribution in [0.1, 0.15) is 6.42 Å². The maximum absolute atomic E-state index is 3.85. The molecule has 0 aliphatic heterocycles. The maximum Gasteiger partial charge on any atom is 0.0560 e. The van der Waals surface area contributed by atoms with Gasteiger partial charge in [0.1, 0.15) is 0 Å². The molecule has 2 nitrogen and oxygen atoms in total. The fraction of sp³-hybridized carbons (Fsp3) is 0.0385. The first-order valence-corrected chi connectivity index (χ1v) is 18.5. The van der Waals surface area contributed by atoms with Gasteiger partial charge in [-0.1, -0.05) is 195 Å². The largest absolute Gasteiger partial charge is 0.334 e. The first-order valence-electron chi connectivity index (χ1n) is 18.5. The van der Waals surface area contributed by atoms with Crippen LogP contribution < -0.4 is 9.80 Å². The second-order valence-electron chi connectivity index (χ2n) is 12.9. The van der Waals surface area contributed by atoms with Crippen LogP contribution in [0.5, 0.6) is 0 Å². The lowest BCUT2D eigenvalue weighted by molar-refractivity contribution is 0.787. The summed E-state index contributed by atoms with van der Waals surface area (Å²) >= 11 is 0. The first-order chi connectivity index (χ1) is 26.8. The lowest BCUT2D eigenvalue weighted by Gasteiger charge is -2.33. The van der Waals surface area contributed by atoms with Crippen LogP contribution in [0.25, 0.3) is 32.7 Å². The molecule has 0 saturated heterocycles. The zero-order valence-corrected chi connectivity index (χ0v) is 30.4. The fourth-order valence-corrected chi connectivity index (χ4v) is 7.01. The topological polar surface area (TPSA) is 6.48 Å². The predicted molar refractivity (Wildman–Crippen MR) is 234 cm³/mol. The second kappa shape index (κ2) is 18.0. The molecule has 262 valence electrons. The number of hydrogen-bond acceptors (Lipinski definition) is 2. The Balaban J connectivity index is 1.57. The average molecular weight is 697 g/mol. The van der Waals surface area contributed by atoms with Gasteiger partial charge in [0.2, 0.25) is 0 Å². The summed E-state index contributed by atoms with van der Waals surface area (Å²) in [6.07, 6.45) is 19.7. The van der Waals surface area contributed by atoms with E-state index in [0.717, 1.165) is 61.8 Å². The van der Waals surface area contributed by atoms with Gasteiger partial charge in [-0.2, -0.15) is 0 Å². The van der Waals surface area contributed by atoms with Crippen LogP contribution in [0.15, 0.2) is 243 Å². The molecule has 0 bridgehead atoms. The van der Waals surface area contributed by atoms with Crippen molar-refractivity contribution in [2.45, 2.75) is 12.5 Å². The third-order valence-corrected chi connectivity index (χ3v) is 9.45. The zero-order chi connectivity index (χ0) is 36.8. The van der Waals surface area contributed by atoms with Gasteiger partial charge in [-0.25, -0.2) is 0 Å². The maximum atomic E-state index is 3.85. The number of fused-ring (bicyclic) bond motifs is 2. The molecule has 0 amide bonds. The van der Waals surface area contributed by atoms with Crippen molar-refractivity contribution >= 4 is 44.3 Å². The normalized spacial score (nSPS) is 13.4. The van der Waals surface area contributed by atoms with Crippen LogP contribution in [-0.4, -0.2) is 6.04 Å². The van der Waals surface area contributed by atoms with Crippen LogP contribution in [0.2, 0.25) is 0 Å². The number of para-hydroxylation sites is 2. The van der Waals surface area contributed by atoms with Crippen LogP contribution in [0.3, 0.4) is 0 Å². The van der Waals surface area contributed by atoms with Gasteiger partial charge in [-0.15, -0.1) is 0 Å². The van der Waals surface area contributed by atoms with E-state index in [1.165, 1.54) is 0 Å². The van der Waals surface area contributed by atoms with E-state index in [1.807, 2.05) is 12.2 Å². The molecule has 7 rings (SSSR count). The standard InChI is InChI=1S/C52H44N2/c1-2-3-4-26-41-53(42-27-12-9-13-28-42)51-39-20-7-5-18-33-45(47-35-22-24-37-49(47)51)46-34-19-6-8-21-40-52(50-38-25-23-36-48(46)50)54(43-29-14-10-15-30-43)44-31-16-11-17-32-44/h2-31,33-41,44H,1,32H2/b4-3-,7-5?,8-6?,18-5?,19-6?,20-7?,21-8?,33-18?,34-19?,39-20?,40-21?,41-26+,45-33?,46-34?,47-45?,48-46?,51-39?,51-49?,52-40?,52-50?. The van der Waals surface area contributed by atoms with Gasteiger partial charge in [-0.05, 0) is 70.8 Å². The monoisotopic (exact) mass is 696 g/mol. The molecule has 1 atom stereocenters. The SMILES string of the molecule is C=C/C=C\C=C\N(c1ccccc1)c1ccccccc(-c2ccccccc(N(c3ccccc3)C3C=CC=CC3)c3ccccc23)c2ccccc12. The lowest BCUT2D eigenvalue weighted by Crippen LogP contribution is -2.29. The van der Waals surface area contributed by atoms with Gasteiger partial charge in [0, 0.05) is 34.0 Å².